The molecule has 1 saturated heterocycles. The lowest BCUT2D eigenvalue weighted by Gasteiger charge is -2.36. The second-order valence-corrected chi connectivity index (χ2v) is 8.48. The topological polar surface area (TPSA) is 54.5 Å². The average molecular weight is 454 g/mol. The fourth-order valence-electron chi connectivity index (χ4n) is 4.55. The Morgan fingerprint density at radius 3 is 2.35 bits per heavy atom. The van der Waals surface area contributed by atoms with Crippen LogP contribution in [0.25, 0.3) is 11.1 Å². The van der Waals surface area contributed by atoms with E-state index in [0.717, 1.165) is 5.56 Å². The normalized spacial score (nSPS) is 17.9. The monoisotopic (exact) mass is 453 g/mol. The van der Waals surface area contributed by atoms with Crippen LogP contribution in [0.4, 0.5) is 4.79 Å². The first kappa shape index (κ1) is 20.3. The van der Waals surface area contributed by atoms with E-state index in [0.29, 0.717) is 29.9 Å². The maximum Gasteiger partial charge on any atom is 0.410 e. The summed E-state index contributed by atoms with van der Waals surface area (Å²) in [6, 6.07) is 19.9. The molecule has 1 amide bonds. The molecule has 2 aromatic carbocycles. The number of nitrogens with zero attached hydrogens (tertiary/aromatic N) is 2. The van der Waals surface area contributed by atoms with E-state index >= 15 is 0 Å². The van der Waals surface area contributed by atoms with Crippen molar-refractivity contribution in [2.45, 2.75) is 12.0 Å². The molecule has 1 aromatic heterocycles. The lowest BCUT2D eigenvalue weighted by molar-refractivity contribution is 0.0752. The van der Waals surface area contributed by atoms with E-state index in [9.17, 15) is 4.79 Å². The van der Waals surface area contributed by atoms with Gasteiger partial charge in [-0.05, 0) is 28.3 Å². The summed E-state index contributed by atoms with van der Waals surface area (Å²) < 4.78 is 5.86. The van der Waals surface area contributed by atoms with Crippen LogP contribution in [0.3, 0.4) is 0 Å². The number of carbonyl (C=O) groups is 1. The van der Waals surface area contributed by atoms with Crippen LogP contribution in [0.15, 0.2) is 60.7 Å². The van der Waals surface area contributed by atoms with Gasteiger partial charge in [-0.25, -0.2) is 9.78 Å². The highest BCUT2D eigenvalue weighted by Gasteiger charge is 2.33. The summed E-state index contributed by atoms with van der Waals surface area (Å²) >= 11 is 12.3. The highest BCUT2D eigenvalue weighted by atomic mass is 35.5. The predicted molar refractivity (Wildman–Crippen MR) is 122 cm³/mol. The van der Waals surface area contributed by atoms with Crippen LogP contribution in [0.2, 0.25) is 10.3 Å². The number of hydrogen-bond acceptors (Lipinski definition) is 4. The van der Waals surface area contributed by atoms with Crippen LogP contribution in [0.1, 0.15) is 28.7 Å². The lowest BCUT2D eigenvalue weighted by Crippen LogP contribution is -2.49. The van der Waals surface area contributed by atoms with Crippen molar-refractivity contribution in [2.24, 2.45) is 0 Å². The van der Waals surface area contributed by atoms with Gasteiger partial charge in [0.15, 0.2) is 0 Å². The molecule has 158 valence electrons. The Labute approximate surface area is 190 Å². The summed E-state index contributed by atoms with van der Waals surface area (Å²) in [5.41, 5.74) is 5.56. The smallest absolute Gasteiger partial charge is 0.410 e. The maximum absolute atomic E-state index is 13.1. The molecule has 1 atom stereocenters. The third-order valence-corrected chi connectivity index (χ3v) is 6.53. The van der Waals surface area contributed by atoms with Crippen molar-refractivity contribution >= 4 is 29.3 Å². The molecular formula is C24H21Cl2N3O2. The number of amides is 1. The van der Waals surface area contributed by atoms with Gasteiger partial charge in [0.05, 0.1) is 6.04 Å². The first-order chi connectivity index (χ1) is 15.1. The molecule has 0 spiro atoms. The molecule has 0 bridgehead atoms. The third kappa shape index (κ3) is 3.78. The van der Waals surface area contributed by atoms with Gasteiger partial charge in [0.25, 0.3) is 0 Å². The second kappa shape index (κ2) is 8.50. The summed E-state index contributed by atoms with van der Waals surface area (Å²) in [7, 11) is 0. The maximum atomic E-state index is 13.1. The SMILES string of the molecule is O=C(OCC1c2ccccc2-c2ccccc21)N1CCNCC1c1ccc(Cl)nc1Cl. The number of pyridine rings is 1. The van der Waals surface area contributed by atoms with Gasteiger partial charge in [-0.15, -0.1) is 0 Å². The Hall–Kier alpha value is -2.60. The number of halogens is 2. The fourth-order valence-corrected chi connectivity index (χ4v) is 5.02. The largest absolute Gasteiger partial charge is 0.448 e. The van der Waals surface area contributed by atoms with Crippen LogP contribution in [-0.2, 0) is 4.74 Å². The Balaban J connectivity index is 1.36. The van der Waals surface area contributed by atoms with Gasteiger partial charge in [0.2, 0.25) is 0 Å². The molecule has 5 rings (SSSR count). The number of fused-ring (bicyclic) bond motifs is 3. The zero-order valence-corrected chi connectivity index (χ0v) is 18.2. The van der Waals surface area contributed by atoms with E-state index in [1.807, 2.05) is 30.3 Å². The Morgan fingerprint density at radius 1 is 1.00 bits per heavy atom. The molecule has 0 radical (unpaired) electrons. The molecule has 3 aromatic rings. The van der Waals surface area contributed by atoms with Crippen molar-refractivity contribution in [3.8, 4) is 11.1 Å². The molecule has 1 N–H and O–H groups in total. The van der Waals surface area contributed by atoms with Crippen molar-refractivity contribution in [2.75, 3.05) is 26.2 Å². The number of benzene rings is 2. The highest BCUT2D eigenvalue weighted by molar-refractivity contribution is 6.32. The van der Waals surface area contributed by atoms with Crippen LogP contribution in [-0.4, -0.2) is 42.2 Å². The number of nitrogens with one attached hydrogen (secondary N) is 1. The van der Waals surface area contributed by atoms with Gasteiger partial charge in [0, 0.05) is 31.1 Å². The van der Waals surface area contributed by atoms with Crippen molar-refractivity contribution in [3.05, 3.63) is 87.7 Å². The van der Waals surface area contributed by atoms with Crippen LogP contribution in [0, 0.1) is 0 Å². The number of hydrogen-bond donors (Lipinski definition) is 1. The minimum atomic E-state index is -0.348. The zero-order chi connectivity index (χ0) is 21.4. The van der Waals surface area contributed by atoms with Crippen molar-refractivity contribution < 1.29 is 9.53 Å². The standard InChI is InChI=1S/C24H21Cl2N3O2/c25-22-10-9-19(23(26)28-22)21-13-27-11-12-29(21)24(30)31-14-20-17-7-3-1-5-15(17)16-6-2-4-8-18(16)20/h1-10,20-21,27H,11-14H2. The van der Waals surface area contributed by atoms with E-state index in [4.69, 9.17) is 27.9 Å². The number of ether oxygens (including phenoxy) is 1. The molecule has 31 heavy (non-hydrogen) atoms. The van der Waals surface area contributed by atoms with Crippen molar-refractivity contribution in [1.82, 2.24) is 15.2 Å². The lowest BCUT2D eigenvalue weighted by atomic mass is 9.98. The molecule has 0 saturated carbocycles. The fraction of sp³-hybridized carbons (Fsp3) is 0.250. The summed E-state index contributed by atoms with van der Waals surface area (Å²) in [6.45, 7) is 2.09. The van der Waals surface area contributed by atoms with Crippen LogP contribution in [0.5, 0.6) is 0 Å². The molecular weight excluding hydrogens is 433 g/mol. The molecule has 1 fully saturated rings. The van der Waals surface area contributed by atoms with E-state index < -0.39 is 0 Å². The van der Waals surface area contributed by atoms with Crippen LogP contribution < -0.4 is 5.32 Å². The number of rotatable bonds is 3. The van der Waals surface area contributed by atoms with E-state index in [-0.39, 0.29) is 24.7 Å². The summed E-state index contributed by atoms with van der Waals surface area (Å²) in [4.78, 5) is 19.0. The second-order valence-electron chi connectivity index (χ2n) is 7.73. The summed E-state index contributed by atoms with van der Waals surface area (Å²) in [6.07, 6.45) is -0.348. The van der Waals surface area contributed by atoms with Crippen molar-refractivity contribution in [3.63, 3.8) is 0 Å². The van der Waals surface area contributed by atoms with Gasteiger partial charge in [-0.2, -0.15) is 0 Å². The summed E-state index contributed by atoms with van der Waals surface area (Å²) in [5, 5.41) is 3.94. The summed E-state index contributed by atoms with van der Waals surface area (Å²) in [5.74, 6) is 0.0264. The molecule has 2 aliphatic rings. The van der Waals surface area contributed by atoms with Gasteiger partial charge < -0.3 is 10.1 Å². The predicted octanol–water partition coefficient (Wildman–Crippen LogP) is 5.28. The highest BCUT2D eigenvalue weighted by Crippen LogP contribution is 2.44. The first-order valence-corrected chi connectivity index (χ1v) is 11.0. The molecule has 2 heterocycles. The number of carbonyl (C=O) groups excluding carboxylic acids is 1. The zero-order valence-electron chi connectivity index (χ0n) is 16.7. The quantitative estimate of drug-likeness (QED) is 0.547. The molecule has 1 aliphatic heterocycles. The number of aromatic nitrogens is 1. The molecule has 1 unspecified atom stereocenters. The molecule has 1 aliphatic carbocycles. The molecule has 7 heteroatoms. The van der Waals surface area contributed by atoms with E-state index in [2.05, 4.69) is 34.6 Å². The molecule has 5 nitrogen and oxygen atoms in total. The third-order valence-electron chi connectivity index (χ3n) is 6.02. The van der Waals surface area contributed by atoms with E-state index in [1.54, 1.807) is 11.0 Å². The first-order valence-electron chi connectivity index (χ1n) is 10.3. The van der Waals surface area contributed by atoms with Gasteiger partial charge in [-0.3, -0.25) is 4.90 Å². The minimum absolute atomic E-state index is 0.0264. The minimum Gasteiger partial charge on any atom is -0.448 e. The van der Waals surface area contributed by atoms with Crippen molar-refractivity contribution in [1.29, 1.82) is 0 Å². The van der Waals surface area contributed by atoms with Crippen LogP contribution >= 0.6 is 23.2 Å². The Bertz CT molecular complexity index is 1090. The number of piperazine rings is 1. The van der Waals surface area contributed by atoms with Gasteiger partial charge in [0.1, 0.15) is 16.9 Å². The average Bonchev–Trinajstić information content (AvgIpc) is 3.11. The van der Waals surface area contributed by atoms with Gasteiger partial charge in [-0.1, -0.05) is 77.8 Å². The van der Waals surface area contributed by atoms with Gasteiger partial charge >= 0.3 is 6.09 Å². The van der Waals surface area contributed by atoms with E-state index in [1.165, 1.54) is 22.3 Å². The Kier molecular flexibility index (Phi) is 5.57. The Morgan fingerprint density at radius 2 is 1.68 bits per heavy atom.